The number of nitrogens with zero attached hydrogens (tertiary/aromatic N) is 1. The first-order valence-corrected chi connectivity index (χ1v) is 8.62. The SMILES string of the molecule is NCc1nc(C(=O)NC2(c3ccc(Cl)cc3)CCCC2)cs1. The van der Waals surface area contributed by atoms with Gasteiger partial charge in [0.15, 0.2) is 0 Å². The van der Waals surface area contributed by atoms with Crippen LogP contribution in [0.25, 0.3) is 0 Å². The molecule has 0 atom stereocenters. The van der Waals surface area contributed by atoms with Gasteiger partial charge >= 0.3 is 0 Å². The summed E-state index contributed by atoms with van der Waals surface area (Å²) in [6.45, 7) is 0.361. The molecule has 4 nitrogen and oxygen atoms in total. The van der Waals surface area contributed by atoms with Crippen LogP contribution in [0.4, 0.5) is 0 Å². The summed E-state index contributed by atoms with van der Waals surface area (Å²) in [4.78, 5) is 16.8. The quantitative estimate of drug-likeness (QED) is 0.899. The highest BCUT2D eigenvalue weighted by molar-refractivity contribution is 7.09. The van der Waals surface area contributed by atoms with Crippen LogP contribution in [-0.4, -0.2) is 10.9 Å². The van der Waals surface area contributed by atoms with Crippen LogP contribution in [0.5, 0.6) is 0 Å². The van der Waals surface area contributed by atoms with Crippen molar-refractivity contribution in [3.8, 4) is 0 Å². The lowest BCUT2D eigenvalue weighted by molar-refractivity contribution is 0.0893. The highest BCUT2D eigenvalue weighted by Gasteiger charge is 2.37. The number of benzene rings is 1. The third-order valence-corrected chi connectivity index (χ3v) is 5.29. The molecule has 1 amide bonds. The van der Waals surface area contributed by atoms with Crippen LogP contribution in [0, 0.1) is 0 Å². The van der Waals surface area contributed by atoms with Crippen LogP contribution in [-0.2, 0) is 12.1 Å². The van der Waals surface area contributed by atoms with Crippen molar-refractivity contribution < 1.29 is 4.79 Å². The number of amides is 1. The van der Waals surface area contributed by atoms with E-state index in [1.165, 1.54) is 11.3 Å². The zero-order valence-electron chi connectivity index (χ0n) is 12.1. The average molecular weight is 336 g/mol. The van der Waals surface area contributed by atoms with Crippen molar-refractivity contribution >= 4 is 28.8 Å². The highest BCUT2D eigenvalue weighted by atomic mass is 35.5. The molecule has 1 aliphatic carbocycles. The predicted octanol–water partition coefficient (Wildman–Crippen LogP) is 3.45. The summed E-state index contributed by atoms with van der Waals surface area (Å²) in [5, 5.41) is 6.45. The van der Waals surface area contributed by atoms with E-state index in [0.717, 1.165) is 36.3 Å². The van der Waals surface area contributed by atoms with Gasteiger partial charge in [0.1, 0.15) is 10.7 Å². The van der Waals surface area contributed by atoms with Gasteiger partial charge in [0.05, 0.1) is 5.54 Å². The van der Waals surface area contributed by atoms with Gasteiger partial charge in [-0.3, -0.25) is 4.79 Å². The number of halogens is 1. The summed E-state index contributed by atoms with van der Waals surface area (Å²) >= 11 is 7.39. The van der Waals surface area contributed by atoms with E-state index < -0.39 is 0 Å². The largest absolute Gasteiger partial charge is 0.341 e. The standard InChI is InChI=1S/C16H18ClN3OS/c17-12-5-3-11(4-6-12)16(7-1-2-8-16)20-15(21)13-10-22-14(9-18)19-13/h3-6,10H,1-2,7-9,18H2,(H,20,21). The molecule has 1 aliphatic rings. The van der Waals surface area contributed by atoms with E-state index in [0.29, 0.717) is 17.3 Å². The number of carbonyl (C=O) groups is 1. The van der Waals surface area contributed by atoms with Crippen molar-refractivity contribution in [3.63, 3.8) is 0 Å². The minimum Gasteiger partial charge on any atom is -0.341 e. The fourth-order valence-electron chi connectivity index (χ4n) is 3.02. The molecule has 1 aromatic heterocycles. The van der Waals surface area contributed by atoms with Crippen LogP contribution < -0.4 is 11.1 Å². The number of nitrogens with two attached hydrogens (primary N) is 1. The Kier molecular flexibility index (Phi) is 4.47. The molecule has 0 aliphatic heterocycles. The fourth-order valence-corrected chi connectivity index (χ4v) is 3.80. The van der Waals surface area contributed by atoms with E-state index in [9.17, 15) is 4.79 Å². The van der Waals surface area contributed by atoms with Crippen LogP contribution in [0.15, 0.2) is 29.6 Å². The zero-order chi connectivity index (χ0) is 15.6. The van der Waals surface area contributed by atoms with Crippen molar-refractivity contribution in [1.29, 1.82) is 0 Å². The van der Waals surface area contributed by atoms with E-state index in [1.807, 2.05) is 24.3 Å². The van der Waals surface area contributed by atoms with Gasteiger partial charge in [-0.2, -0.15) is 0 Å². The molecule has 6 heteroatoms. The Morgan fingerprint density at radius 1 is 1.32 bits per heavy atom. The number of rotatable bonds is 4. The Morgan fingerprint density at radius 3 is 2.59 bits per heavy atom. The topological polar surface area (TPSA) is 68.0 Å². The average Bonchev–Trinajstić information content (AvgIpc) is 3.17. The maximum atomic E-state index is 12.5. The molecule has 1 aromatic carbocycles. The number of aromatic nitrogens is 1. The van der Waals surface area contributed by atoms with E-state index in [2.05, 4.69) is 10.3 Å². The van der Waals surface area contributed by atoms with E-state index in [-0.39, 0.29) is 11.4 Å². The fraction of sp³-hybridized carbons (Fsp3) is 0.375. The Labute approximate surface area is 138 Å². The maximum absolute atomic E-state index is 12.5. The van der Waals surface area contributed by atoms with Crippen molar-refractivity contribution in [2.45, 2.75) is 37.8 Å². The van der Waals surface area contributed by atoms with Gasteiger partial charge in [-0.25, -0.2) is 4.98 Å². The summed E-state index contributed by atoms with van der Waals surface area (Å²) < 4.78 is 0. The Hall–Kier alpha value is -1.43. The Balaban J connectivity index is 1.85. The number of hydrogen-bond donors (Lipinski definition) is 2. The minimum absolute atomic E-state index is 0.132. The molecule has 0 unspecified atom stereocenters. The van der Waals surface area contributed by atoms with Crippen LogP contribution >= 0.6 is 22.9 Å². The second kappa shape index (κ2) is 6.36. The molecule has 3 rings (SSSR count). The molecule has 1 heterocycles. The normalized spacial score (nSPS) is 16.6. The lowest BCUT2D eigenvalue weighted by Crippen LogP contribution is -2.43. The summed E-state index contributed by atoms with van der Waals surface area (Å²) in [5.74, 6) is -0.132. The maximum Gasteiger partial charge on any atom is 0.271 e. The minimum atomic E-state index is -0.311. The summed E-state index contributed by atoms with van der Waals surface area (Å²) in [5.41, 5.74) is 6.81. The number of hydrogen-bond acceptors (Lipinski definition) is 4. The summed E-state index contributed by atoms with van der Waals surface area (Å²) in [6, 6.07) is 7.75. The highest BCUT2D eigenvalue weighted by Crippen LogP contribution is 2.39. The second-order valence-corrected chi connectivity index (χ2v) is 6.96. The van der Waals surface area contributed by atoms with E-state index >= 15 is 0 Å². The number of carbonyl (C=O) groups excluding carboxylic acids is 1. The monoisotopic (exact) mass is 335 g/mol. The van der Waals surface area contributed by atoms with Gasteiger partial charge < -0.3 is 11.1 Å². The molecule has 1 saturated carbocycles. The molecule has 0 saturated heterocycles. The molecule has 0 bridgehead atoms. The van der Waals surface area contributed by atoms with Crippen LogP contribution in [0.3, 0.4) is 0 Å². The molecular weight excluding hydrogens is 318 g/mol. The van der Waals surface area contributed by atoms with Gasteiger partial charge in [-0.1, -0.05) is 36.6 Å². The Bertz CT molecular complexity index is 662. The third-order valence-electron chi connectivity index (χ3n) is 4.17. The van der Waals surface area contributed by atoms with Gasteiger partial charge in [0.2, 0.25) is 0 Å². The molecule has 116 valence electrons. The van der Waals surface area contributed by atoms with Gasteiger partial charge in [0, 0.05) is 16.9 Å². The van der Waals surface area contributed by atoms with E-state index in [4.69, 9.17) is 17.3 Å². The smallest absolute Gasteiger partial charge is 0.271 e. The van der Waals surface area contributed by atoms with Gasteiger partial charge in [-0.05, 0) is 30.5 Å². The molecular formula is C16H18ClN3OS. The predicted molar refractivity (Wildman–Crippen MR) is 89.1 cm³/mol. The van der Waals surface area contributed by atoms with Crippen LogP contribution in [0.1, 0.15) is 46.7 Å². The third kappa shape index (κ3) is 3.02. The number of thiazole rings is 1. The lowest BCUT2D eigenvalue weighted by atomic mass is 9.88. The van der Waals surface area contributed by atoms with Gasteiger partial charge in [0.25, 0.3) is 5.91 Å². The summed E-state index contributed by atoms with van der Waals surface area (Å²) in [6.07, 6.45) is 4.09. The molecule has 0 radical (unpaired) electrons. The molecule has 3 N–H and O–H groups in total. The van der Waals surface area contributed by atoms with E-state index in [1.54, 1.807) is 5.38 Å². The number of nitrogens with one attached hydrogen (secondary N) is 1. The molecule has 1 fully saturated rings. The second-order valence-electron chi connectivity index (χ2n) is 5.58. The lowest BCUT2D eigenvalue weighted by Gasteiger charge is -2.31. The van der Waals surface area contributed by atoms with Crippen molar-refractivity contribution in [2.24, 2.45) is 5.73 Å². The zero-order valence-corrected chi connectivity index (χ0v) is 13.7. The molecule has 22 heavy (non-hydrogen) atoms. The molecule has 2 aromatic rings. The first kappa shape index (κ1) is 15.5. The first-order valence-electron chi connectivity index (χ1n) is 7.36. The van der Waals surface area contributed by atoms with Crippen molar-refractivity contribution in [2.75, 3.05) is 0 Å². The van der Waals surface area contributed by atoms with Crippen LogP contribution in [0.2, 0.25) is 5.02 Å². The van der Waals surface area contributed by atoms with Gasteiger partial charge in [-0.15, -0.1) is 11.3 Å². The Morgan fingerprint density at radius 2 is 2.00 bits per heavy atom. The molecule has 0 spiro atoms. The summed E-state index contributed by atoms with van der Waals surface area (Å²) in [7, 11) is 0. The van der Waals surface area contributed by atoms with Crippen molar-refractivity contribution in [3.05, 3.63) is 50.9 Å². The van der Waals surface area contributed by atoms with Crippen molar-refractivity contribution in [1.82, 2.24) is 10.3 Å². The first-order chi connectivity index (χ1) is 10.6.